The van der Waals surface area contributed by atoms with Crippen molar-refractivity contribution in [1.29, 1.82) is 5.26 Å². The number of nitrogens with one attached hydrogen (secondary N) is 2. The Morgan fingerprint density at radius 3 is 2.15 bits per heavy atom. The van der Waals surface area contributed by atoms with E-state index in [0.717, 1.165) is 17.9 Å². The van der Waals surface area contributed by atoms with Crippen molar-refractivity contribution in [2.24, 2.45) is 0 Å². The largest absolute Gasteiger partial charge is 0.385 e. The Morgan fingerprint density at radius 2 is 1.69 bits per heavy atom. The molecule has 68 valence electrons. The third-order valence-electron chi connectivity index (χ3n) is 1.64. The molecule has 0 aliphatic heterocycles. The maximum Gasteiger partial charge on any atom is 0.103 e. The van der Waals surface area contributed by atoms with Gasteiger partial charge in [-0.25, -0.2) is 0 Å². The van der Waals surface area contributed by atoms with Gasteiger partial charge in [-0.1, -0.05) is 0 Å². The van der Waals surface area contributed by atoms with Gasteiger partial charge >= 0.3 is 0 Å². The van der Waals surface area contributed by atoms with Crippen LogP contribution in [0.2, 0.25) is 0 Å². The Morgan fingerprint density at radius 1 is 1.15 bits per heavy atom. The van der Waals surface area contributed by atoms with Crippen LogP contribution in [0.4, 0.5) is 11.4 Å². The minimum absolute atomic E-state index is 0.348. The lowest BCUT2D eigenvalue weighted by atomic mass is 10.3. The zero-order chi connectivity index (χ0) is 9.52. The van der Waals surface area contributed by atoms with Crippen LogP contribution in [0.25, 0.3) is 0 Å². The molecule has 1 rings (SSSR count). The van der Waals surface area contributed by atoms with Crippen LogP contribution in [0.3, 0.4) is 0 Å². The summed E-state index contributed by atoms with van der Waals surface area (Å²) in [5, 5.41) is 14.5. The molecule has 1 aromatic rings. The van der Waals surface area contributed by atoms with Crippen molar-refractivity contribution in [3.8, 4) is 6.07 Å². The summed E-state index contributed by atoms with van der Waals surface area (Å²) in [6, 6.07) is 9.92. The van der Waals surface area contributed by atoms with Gasteiger partial charge in [-0.3, -0.25) is 0 Å². The number of hydrogen-bond acceptors (Lipinski definition) is 3. The van der Waals surface area contributed by atoms with Crippen LogP contribution in [-0.4, -0.2) is 13.1 Å². The smallest absolute Gasteiger partial charge is 0.103 e. The van der Waals surface area contributed by atoms with Crippen LogP contribution in [-0.2, 0) is 0 Å². The van der Waals surface area contributed by atoms with Crippen LogP contribution >= 0.6 is 0 Å². The lowest BCUT2D eigenvalue weighted by Crippen LogP contribution is -1.99. The highest BCUT2D eigenvalue weighted by atomic mass is 14.9. The molecule has 0 aliphatic carbocycles. The van der Waals surface area contributed by atoms with Crippen molar-refractivity contribution in [2.75, 3.05) is 23.7 Å². The van der Waals surface area contributed by atoms with Crippen LogP contribution in [0.1, 0.15) is 6.92 Å². The summed E-state index contributed by atoms with van der Waals surface area (Å²) in [6.07, 6.45) is 0. The van der Waals surface area contributed by atoms with Gasteiger partial charge in [0.15, 0.2) is 0 Å². The predicted octanol–water partition coefficient (Wildman–Crippen LogP) is 2.05. The van der Waals surface area contributed by atoms with Crippen molar-refractivity contribution >= 4 is 11.4 Å². The maximum atomic E-state index is 8.34. The number of rotatable bonds is 4. The summed E-state index contributed by atoms with van der Waals surface area (Å²) >= 11 is 0. The number of hydrogen-bond donors (Lipinski definition) is 2. The van der Waals surface area contributed by atoms with Crippen molar-refractivity contribution in [3.63, 3.8) is 0 Å². The van der Waals surface area contributed by atoms with Crippen molar-refractivity contribution < 1.29 is 0 Å². The summed E-state index contributed by atoms with van der Waals surface area (Å²) < 4.78 is 0. The molecule has 3 heteroatoms. The van der Waals surface area contributed by atoms with E-state index in [-0.39, 0.29) is 0 Å². The van der Waals surface area contributed by atoms with Crippen LogP contribution in [0, 0.1) is 11.3 Å². The van der Waals surface area contributed by atoms with E-state index in [9.17, 15) is 0 Å². The molecule has 0 aliphatic rings. The molecule has 0 heterocycles. The molecule has 0 saturated carbocycles. The molecule has 0 aromatic heterocycles. The zero-order valence-electron chi connectivity index (χ0n) is 7.67. The van der Waals surface area contributed by atoms with E-state index in [0.29, 0.717) is 6.54 Å². The van der Waals surface area contributed by atoms with E-state index in [1.54, 1.807) is 0 Å². The predicted molar refractivity (Wildman–Crippen MR) is 54.7 cm³/mol. The standard InChI is InChI=1S/C10H13N3/c1-2-12-9-3-5-10(6-4-9)13-8-7-11/h3-6,12-13H,2,8H2,1H3. The Bertz CT molecular complexity index is 284. The maximum absolute atomic E-state index is 8.34. The fraction of sp³-hybridized carbons (Fsp3) is 0.300. The van der Waals surface area contributed by atoms with Gasteiger partial charge in [0, 0.05) is 17.9 Å². The van der Waals surface area contributed by atoms with Gasteiger partial charge in [-0.15, -0.1) is 0 Å². The lowest BCUT2D eigenvalue weighted by molar-refractivity contribution is 1.21. The molecule has 3 nitrogen and oxygen atoms in total. The summed E-state index contributed by atoms with van der Waals surface area (Å²) in [5.74, 6) is 0. The summed E-state index contributed by atoms with van der Waals surface area (Å²) in [6.45, 7) is 3.33. The molecule has 0 radical (unpaired) electrons. The van der Waals surface area contributed by atoms with Crippen molar-refractivity contribution in [2.45, 2.75) is 6.92 Å². The van der Waals surface area contributed by atoms with Gasteiger partial charge in [0.1, 0.15) is 6.54 Å². The molecule has 0 saturated heterocycles. The molecule has 0 amide bonds. The highest BCUT2D eigenvalue weighted by Crippen LogP contribution is 2.12. The van der Waals surface area contributed by atoms with E-state index in [1.807, 2.05) is 30.3 Å². The van der Waals surface area contributed by atoms with Crippen LogP contribution < -0.4 is 10.6 Å². The van der Waals surface area contributed by atoms with Gasteiger partial charge in [0.2, 0.25) is 0 Å². The van der Waals surface area contributed by atoms with Gasteiger partial charge in [0.05, 0.1) is 6.07 Å². The zero-order valence-corrected chi connectivity index (χ0v) is 7.67. The first-order chi connectivity index (χ1) is 6.36. The number of nitriles is 1. The molecular formula is C10H13N3. The second-order valence-electron chi connectivity index (χ2n) is 2.62. The SMILES string of the molecule is CCNc1ccc(NCC#N)cc1. The average Bonchev–Trinajstić information content (AvgIpc) is 2.17. The second-order valence-corrected chi connectivity index (χ2v) is 2.62. The third-order valence-corrected chi connectivity index (χ3v) is 1.64. The Labute approximate surface area is 78.4 Å². The molecule has 13 heavy (non-hydrogen) atoms. The van der Waals surface area contributed by atoms with Gasteiger partial charge in [-0.05, 0) is 31.2 Å². The van der Waals surface area contributed by atoms with Gasteiger partial charge in [0.25, 0.3) is 0 Å². The summed E-state index contributed by atoms with van der Waals surface area (Å²) in [4.78, 5) is 0. The molecule has 0 atom stereocenters. The van der Waals surface area contributed by atoms with E-state index < -0.39 is 0 Å². The first-order valence-electron chi connectivity index (χ1n) is 4.31. The Balaban J connectivity index is 2.54. The second kappa shape index (κ2) is 5.04. The molecule has 0 unspecified atom stereocenters. The molecule has 0 bridgehead atoms. The van der Waals surface area contributed by atoms with E-state index in [2.05, 4.69) is 17.6 Å². The topological polar surface area (TPSA) is 47.8 Å². The van der Waals surface area contributed by atoms with Gasteiger partial charge < -0.3 is 10.6 Å². The van der Waals surface area contributed by atoms with Crippen molar-refractivity contribution in [1.82, 2.24) is 0 Å². The first-order valence-corrected chi connectivity index (χ1v) is 4.31. The first kappa shape index (κ1) is 9.40. The molecule has 2 N–H and O–H groups in total. The number of anilines is 2. The molecular weight excluding hydrogens is 162 g/mol. The summed E-state index contributed by atoms with van der Waals surface area (Å²) in [5.41, 5.74) is 2.08. The van der Waals surface area contributed by atoms with Crippen molar-refractivity contribution in [3.05, 3.63) is 24.3 Å². The van der Waals surface area contributed by atoms with Gasteiger partial charge in [-0.2, -0.15) is 5.26 Å². The normalized spacial score (nSPS) is 8.92. The van der Waals surface area contributed by atoms with Crippen LogP contribution in [0.15, 0.2) is 24.3 Å². The molecule has 0 spiro atoms. The quantitative estimate of drug-likeness (QED) is 0.688. The third kappa shape index (κ3) is 3.04. The monoisotopic (exact) mass is 175 g/mol. The lowest BCUT2D eigenvalue weighted by Gasteiger charge is -2.04. The van der Waals surface area contributed by atoms with E-state index in [4.69, 9.17) is 5.26 Å². The minimum atomic E-state index is 0.348. The fourth-order valence-corrected chi connectivity index (χ4v) is 1.05. The average molecular weight is 175 g/mol. The van der Waals surface area contributed by atoms with E-state index >= 15 is 0 Å². The number of nitrogens with zero attached hydrogens (tertiary/aromatic N) is 1. The molecule has 0 fully saturated rings. The minimum Gasteiger partial charge on any atom is -0.385 e. The fourth-order valence-electron chi connectivity index (χ4n) is 1.05. The Kier molecular flexibility index (Phi) is 3.65. The summed E-state index contributed by atoms with van der Waals surface area (Å²) in [7, 11) is 0. The molecule has 1 aromatic carbocycles. The number of benzene rings is 1. The highest BCUT2D eigenvalue weighted by Gasteiger charge is 1.91. The Hall–Kier alpha value is -1.69. The van der Waals surface area contributed by atoms with E-state index in [1.165, 1.54) is 0 Å². The highest BCUT2D eigenvalue weighted by molar-refractivity contribution is 5.53. The van der Waals surface area contributed by atoms with Crippen LogP contribution in [0.5, 0.6) is 0 Å².